The van der Waals surface area contributed by atoms with E-state index in [-0.39, 0.29) is 18.0 Å². The predicted octanol–water partition coefficient (Wildman–Crippen LogP) is 3.12. The Morgan fingerprint density at radius 1 is 1.18 bits per heavy atom. The summed E-state index contributed by atoms with van der Waals surface area (Å²) in [5, 5.41) is 9.59. The number of hydrogen-bond donors (Lipinski definition) is 1. The highest BCUT2D eigenvalue weighted by Crippen LogP contribution is 2.42. The molecule has 5 nitrogen and oxygen atoms in total. The van der Waals surface area contributed by atoms with Gasteiger partial charge in [-0.3, -0.25) is 4.79 Å². The number of methoxy groups -OCH3 is 2. The van der Waals surface area contributed by atoms with Crippen molar-refractivity contribution in [2.75, 3.05) is 14.2 Å². The van der Waals surface area contributed by atoms with E-state index in [1.54, 1.807) is 37.4 Å². The molecule has 2 aromatic carbocycles. The van der Waals surface area contributed by atoms with Gasteiger partial charge in [-0.15, -0.1) is 0 Å². The largest absolute Gasteiger partial charge is 0.508 e. The van der Waals surface area contributed by atoms with Crippen LogP contribution in [-0.2, 0) is 0 Å². The Balaban J connectivity index is 2.03. The number of hydrogen-bond acceptors (Lipinski definition) is 5. The molecule has 2 aromatic rings. The van der Waals surface area contributed by atoms with Gasteiger partial charge in [0.05, 0.1) is 20.6 Å². The monoisotopic (exact) mass is 300 g/mol. The molecule has 22 heavy (non-hydrogen) atoms. The fourth-order valence-electron chi connectivity index (χ4n) is 2.59. The zero-order valence-electron chi connectivity index (χ0n) is 12.3. The smallest absolute Gasteiger partial charge is 0.174 e. The lowest BCUT2D eigenvalue weighted by atomic mass is 9.95. The number of phenolic OH excluding ortho intramolecular Hbond substituents is 1. The number of aromatic hydroxyl groups is 1. The number of ketones is 1. The highest BCUT2D eigenvalue weighted by Gasteiger charge is 2.31. The van der Waals surface area contributed by atoms with Crippen LogP contribution < -0.4 is 14.2 Å². The molecule has 1 atom stereocenters. The van der Waals surface area contributed by atoms with E-state index < -0.39 is 6.10 Å². The average molecular weight is 300 g/mol. The molecule has 0 fully saturated rings. The van der Waals surface area contributed by atoms with Crippen molar-refractivity contribution in [2.45, 2.75) is 12.5 Å². The fourth-order valence-corrected chi connectivity index (χ4v) is 2.59. The quantitative estimate of drug-likeness (QED) is 0.943. The number of Topliss-reactive ketones (excluding diaryl/α,β-unsaturated/α-hetero) is 1. The number of ether oxygens (including phenoxy) is 3. The van der Waals surface area contributed by atoms with Crippen LogP contribution in [0.3, 0.4) is 0 Å². The molecule has 3 rings (SSSR count). The summed E-state index contributed by atoms with van der Waals surface area (Å²) in [7, 11) is 3.04. The molecule has 1 aliphatic rings. The Morgan fingerprint density at radius 2 is 2.00 bits per heavy atom. The number of carbonyl (C=O) groups is 1. The summed E-state index contributed by atoms with van der Waals surface area (Å²) in [4.78, 5) is 12.5. The molecule has 1 aliphatic heterocycles. The van der Waals surface area contributed by atoms with Crippen LogP contribution in [0.1, 0.15) is 28.4 Å². The van der Waals surface area contributed by atoms with Crippen LogP contribution in [0, 0.1) is 0 Å². The number of phenols is 1. The van der Waals surface area contributed by atoms with Crippen LogP contribution in [0.4, 0.5) is 0 Å². The molecule has 0 amide bonds. The summed E-state index contributed by atoms with van der Waals surface area (Å²) >= 11 is 0. The summed E-state index contributed by atoms with van der Waals surface area (Å²) in [6, 6.07) is 10.0. The van der Waals surface area contributed by atoms with Gasteiger partial charge in [0.2, 0.25) is 0 Å². The molecule has 5 heteroatoms. The van der Waals surface area contributed by atoms with Crippen molar-refractivity contribution in [1.82, 2.24) is 0 Å². The van der Waals surface area contributed by atoms with E-state index in [1.807, 2.05) is 6.07 Å². The molecular weight excluding hydrogens is 284 g/mol. The Hall–Kier alpha value is -2.69. The van der Waals surface area contributed by atoms with Gasteiger partial charge >= 0.3 is 0 Å². The summed E-state index contributed by atoms with van der Waals surface area (Å²) in [6.07, 6.45) is -0.247. The Kier molecular flexibility index (Phi) is 3.63. The third kappa shape index (κ3) is 2.45. The fraction of sp³-hybridized carbons (Fsp3) is 0.235. The third-order valence-electron chi connectivity index (χ3n) is 3.66. The standard InChI is InChI=1S/C17H16O5/c1-20-12-7-15(21-2)17-13(19)9-14(22-16(17)8-12)10-4-3-5-11(18)6-10/h3-8,14,18H,9H2,1-2H3. The van der Waals surface area contributed by atoms with Crippen molar-refractivity contribution in [3.8, 4) is 23.0 Å². The number of carbonyl (C=O) groups excluding carboxylic acids is 1. The van der Waals surface area contributed by atoms with Gasteiger partial charge in [0.25, 0.3) is 0 Å². The van der Waals surface area contributed by atoms with Gasteiger partial charge in [-0.25, -0.2) is 0 Å². The summed E-state index contributed by atoms with van der Waals surface area (Å²) in [5.41, 5.74) is 1.18. The van der Waals surface area contributed by atoms with Gasteiger partial charge in [-0.1, -0.05) is 12.1 Å². The van der Waals surface area contributed by atoms with Crippen molar-refractivity contribution >= 4 is 5.78 Å². The molecule has 0 radical (unpaired) electrons. The van der Waals surface area contributed by atoms with Crippen molar-refractivity contribution in [3.63, 3.8) is 0 Å². The molecule has 1 N–H and O–H groups in total. The zero-order valence-corrected chi connectivity index (χ0v) is 12.3. The lowest BCUT2D eigenvalue weighted by Gasteiger charge is -2.27. The van der Waals surface area contributed by atoms with E-state index in [1.165, 1.54) is 7.11 Å². The number of benzene rings is 2. The van der Waals surface area contributed by atoms with E-state index in [9.17, 15) is 9.90 Å². The second-order valence-electron chi connectivity index (χ2n) is 5.03. The van der Waals surface area contributed by atoms with Crippen LogP contribution in [0.5, 0.6) is 23.0 Å². The molecule has 1 heterocycles. The van der Waals surface area contributed by atoms with E-state index in [0.717, 1.165) is 5.56 Å². The van der Waals surface area contributed by atoms with Crippen molar-refractivity contribution in [2.24, 2.45) is 0 Å². The molecule has 0 aliphatic carbocycles. The summed E-state index contributed by atoms with van der Waals surface area (Å²) < 4.78 is 16.4. The predicted molar refractivity (Wildman–Crippen MR) is 80.0 cm³/mol. The minimum Gasteiger partial charge on any atom is -0.508 e. The molecule has 0 spiro atoms. The minimum atomic E-state index is -0.441. The van der Waals surface area contributed by atoms with Gasteiger partial charge in [0.1, 0.15) is 34.7 Å². The van der Waals surface area contributed by atoms with Gasteiger partial charge in [0.15, 0.2) is 5.78 Å². The first-order chi connectivity index (χ1) is 10.6. The SMILES string of the molecule is COc1cc(OC)c2c(c1)OC(c1cccc(O)c1)CC2=O. The molecule has 0 aromatic heterocycles. The Bertz CT molecular complexity index is 723. The number of rotatable bonds is 3. The molecule has 0 saturated carbocycles. The topological polar surface area (TPSA) is 65.0 Å². The van der Waals surface area contributed by atoms with Gasteiger partial charge < -0.3 is 19.3 Å². The molecule has 1 unspecified atom stereocenters. The van der Waals surface area contributed by atoms with Crippen LogP contribution in [-0.4, -0.2) is 25.1 Å². The van der Waals surface area contributed by atoms with E-state index in [2.05, 4.69) is 0 Å². The lowest BCUT2D eigenvalue weighted by Crippen LogP contribution is -2.21. The first-order valence-electron chi connectivity index (χ1n) is 6.87. The second kappa shape index (κ2) is 5.60. The highest BCUT2D eigenvalue weighted by atomic mass is 16.5. The van der Waals surface area contributed by atoms with E-state index in [0.29, 0.717) is 22.8 Å². The maximum Gasteiger partial charge on any atom is 0.174 e. The van der Waals surface area contributed by atoms with Gasteiger partial charge in [-0.05, 0) is 17.7 Å². The maximum atomic E-state index is 12.5. The second-order valence-corrected chi connectivity index (χ2v) is 5.03. The zero-order chi connectivity index (χ0) is 15.7. The maximum absolute atomic E-state index is 12.5. The van der Waals surface area contributed by atoms with Crippen LogP contribution >= 0.6 is 0 Å². The normalized spacial score (nSPS) is 16.6. The van der Waals surface area contributed by atoms with Crippen molar-refractivity contribution in [1.29, 1.82) is 0 Å². The van der Waals surface area contributed by atoms with E-state index >= 15 is 0 Å². The molecule has 114 valence electrons. The minimum absolute atomic E-state index is 0.0610. The highest BCUT2D eigenvalue weighted by molar-refractivity contribution is 6.02. The first-order valence-corrected chi connectivity index (χ1v) is 6.87. The Morgan fingerprint density at radius 3 is 2.68 bits per heavy atom. The summed E-state index contributed by atoms with van der Waals surface area (Å²) in [6.45, 7) is 0. The lowest BCUT2D eigenvalue weighted by molar-refractivity contribution is 0.0843. The van der Waals surface area contributed by atoms with Gasteiger partial charge in [-0.2, -0.15) is 0 Å². The number of fused-ring (bicyclic) bond motifs is 1. The van der Waals surface area contributed by atoms with Crippen molar-refractivity contribution < 1.29 is 24.1 Å². The summed E-state index contributed by atoms with van der Waals surface area (Å²) in [5.74, 6) is 1.51. The van der Waals surface area contributed by atoms with Crippen LogP contribution in [0.15, 0.2) is 36.4 Å². The first kappa shape index (κ1) is 14.3. The molecule has 0 bridgehead atoms. The van der Waals surface area contributed by atoms with Crippen LogP contribution in [0.25, 0.3) is 0 Å². The average Bonchev–Trinajstić information content (AvgIpc) is 2.53. The molecule has 0 saturated heterocycles. The van der Waals surface area contributed by atoms with Crippen molar-refractivity contribution in [3.05, 3.63) is 47.5 Å². The van der Waals surface area contributed by atoms with Gasteiger partial charge in [0, 0.05) is 12.1 Å². The third-order valence-corrected chi connectivity index (χ3v) is 3.66. The molecular formula is C17H16O5. The van der Waals surface area contributed by atoms with Crippen LogP contribution in [0.2, 0.25) is 0 Å². The van der Waals surface area contributed by atoms with E-state index in [4.69, 9.17) is 14.2 Å². The Labute approximate surface area is 128 Å².